The van der Waals surface area contributed by atoms with E-state index in [0.29, 0.717) is 22.3 Å². The molecule has 0 amide bonds. The second kappa shape index (κ2) is 5.40. The van der Waals surface area contributed by atoms with Gasteiger partial charge < -0.3 is 0 Å². The fraction of sp³-hybridized carbons (Fsp3) is 0.125. The molecule has 0 radical (unpaired) electrons. The topological polar surface area (TPSA) is 78.0 Å². The number of aromatic nitrogens is 2. The lowest BCUT2D eigenvalue weighted by Gasteiger charge is -2.11. The van der Waals surface area contributed by atoms with E-state index in [2.05, 4.69) is 4.98 Å². The van der Waals surface area contributed by atoms with Gasteiger partial charge in [-0.15, -0.1) is 0 Å². The predicted molar refractivity (Wildman–Crippen MR) is 82.9 cm³/mol. The number of aryl methyl sites for hydroxylation is 1. The van der Waals surface area contributed by atoms with E-state index in [0.717, 1.165) is 0 Å². The van der Waals surface area contributed by atoms with Crippen LogP contribution in [0.2, 0.25) is 0 Å². The quantitative estimate of drug-likeness (QED) is 0.549. The van der Waals surface area contributed by atoms with Gasteiger partial charge in [0.1, 0.15) is 5.82 Å². The maximum absolute atomic E-state index is 12.6. The zero-order valence-corrected chi connectivity index (χ0v) is 11.9. The molecule has 0 unspecified atom stereocenters. The van der Waals surface area contributed by atoms with Crippen LogP contribution in [0.15, 0.2) is 53.3 Å². The zero-order chi connectivity index (χ0) is 15.7. The van der Waals surface area contributed by atoms with Gasteiger partial charge >= 0.3 is 0 Å². The van der Waals surface area contributed by atoms with E-state index in [-0.39, 0.29) is 17.8 Å². The Labute approximate surface area is 125 Å². The van der Waals surface area contributed by atoms with Crippen molar-refractivity contribution in [1.29, 1.82) is 0 Å². The molecule has 0 saturated carbocycles. The zero-order valence-electron chi connectivity index (χ0n) is 11.9. The van der Waals surface area contributed by atoms with E-state index in [1.54, 1.807) is 43.3 Å². The second-order valence-corrected chi connectivity index (χ2v) is 4.95. The highest BCUT2D eigenvalue weighted by molar-refractivity contribution is 5.77. The first-order chi connectivity index (χ1) is 10.6. The molecular formula is C16H13N3O3. The van der Waals surface area contributed by atoms with Gasteiger partial charge in [0, 0.05) is 11.6 Å². The Hall–Kier alpha value is -3.02. The van der Waals surface area contributed by atoms with Crippen molar-refractivity contribution in [3.05, 3.63) is 80.4 Å². The molecule has 0 saturated heterocycles. The van der Waals surface area contributed by atoms with Gasteiger partial charge in [-0.1, -0.05) is 30.3 Å². The van der Waals surface area contributed by atoms with Crippen molar-refractivity contribution in [2.45, 2.75) is 13.5 Å². The highest BCUT2D eigenvalue weighted by Gasteiger charge is 2.15. The summed E-state index contributed by atoms with van der Waals surface area (Å²) in [4.78, 5) is 27.6. The van der Waals surface area contributed by atoms with E-state index < -0.39 is 4.92 Å². The van der Waals surface area contributed by atoms with Crippen LogP contribution >= 0.6 is 0 Å². The lowest BCUT2D eigenvalue weighted by Crippen LogP contribution is -2.24. The lowest BCUT2D eigenvalue weighted by atomic mass is 10.1. The van der Waals surface area contributed by atoms with E-state index >= 15 is 0 Å². The minimum absolute atomic E-state index is 0.00181. The normalized spacial score (nSPS) is 10.8. The maximum Gasteiger partial charge on any atom is 0.274 e. The summed E-state index contributed by atoms with van der Waals surface area (Å²) in [6.07, 6.45) is 0. The smallest absolute Gasteiger partial charge is 0.274 e. The molecule has 1 aromatic heterocycles. The first-order valence-corrected chi connectivity index (χ1v) is 6.76. The number of para-hydroxylation sites is 2. The van der Waals surface area contributed by atoms with Crippen molar-refractivity contribution in [2.24, 2.45) is 0 Å². The van der Waals surface area contributed by atoms with Gasteiger partial charge in [-0.3, -0.25) is 19.5 Å². The molecule has 3 rings (SSSR count). The van der Waals surface area contributed by atoms with Crippen LogP contribution in [-0.2, 0) is 6.54 Å². The van der Waals surface area contributed by atoms with Gasteiger partial charge in [-0.05, 0) is 19.1 Å². The molecule has 0 bridgehead atoms. The molecule has 1 heterocycles. The third-order valence-electron chi connectivity index (χ3n) is 3.57. The second-order valence-electron chi connectivity index (χ2n) is 4.95. The minimum Gasteiger partial charge on any atom is -0.292 e. The van der Waals surface area contributed by atoms with E-state index in [9.17, 15) is 14.9 Å². The van der Waals surface area contributed by atoms with Gasteiger partial charge in [-0.25, -0.2) is 4.98 Å². The van der Waals surface area contributed by atoms with Crippen molar-refractivity contribution in [3.8, 4) is 0 Å². The largest absolute Gasteiger partial charge is 0.292 e. The van der Waals surface area contributed by atoms with Crippen LogP contribution in [0.5, 0.6) is 0 Å². The third kappa shape index (κ3) is 2.35. The van der Waals surface area contributed by atoms with Crippen LogP contribution in [0, 0.1) is 17.0 Å². The van der Waals surface area contributed by atoms with Gasteiger partial charge in [0.15, 0.2) is 0 Å². The van der Waals surface area contributed by atoms with Crippen molar-refractivity contribution >= 4 is 16.6 Å². The van der Waals surface area contributed by atoms with Gasteiger partial charge in [0.25, 0.3) is 11.2 Å². The van der Waals surface area contributed by atoms with Crippen molar-refractivity contribution < 1.29 is 4.92 Å². The molecule has 22 heavy (non-hydrogen) atoms. The number of hydrogen-bond acceptors (Lipinski definition) is 4. The average Bonchev–Trinajstić information content (AvgIpc) is 2.51. The van der Waals surface area contributed by atoms with Crippen LogP contribution in [0.25, 0.3) is 10.9 Å². The minimum atomic E-state index is -0.440. The fourth-order valence-electron chi connectivity index (χ4n) is 2.46. The molecular weight excluding hydrogens is 282 g/mol. The van der Waals surface area contributed by atoms with Crippen molar-refractivity contribution in [2.75, 3.05) is 0 Å². The summed E-state index contributed by atoms with van der Waals surface area (Å²) in [6.45, 7) is 1.85. The first kappa shape index (κ1) is 13.9. The molecule has 0 N–H and O–H groups in total. The number of nitro groups is 1. The fourth-order valence-corrected chi connectivity index (χ4v) is 2.46. The summed E-state index contributed by atoms with van der Waals surface area (Å²) in [5.74, 6) is 0.529. The Morgan fingerprint density at radius 3 is 2.59 bits per heavy atom. The van der Waals surface area contributed by atoms with Crippen molar-refractivity contribution in [3.63, 3.8) is 0 Å². The molecule has 2 aromatic carbocycles. The summed E-state index contributed by atoms with van der Waals surface area (Å²) < 4.78 is 1.46. The summed E-state index contributed by atoms with van der Waals surface area (Å²) in [6, 6.07) is 13.5. The molecule has 6 nitrogen and oxygen atoms in total. The molecule has 110 valence electrons. The lowest BCUT2D eigenvalue weighted by molar-refractivity contribution is -0.385. The molecule has 0 fully saturated rings. The highest BCUT2D eigenvalue weighted by Crippen LogP contribution is 2.19. The molecule has 0 aliphatic heterocycles. The van der Waals surface area contributed by atoms with Crippen LogP contribution < -0.4 is 5.56 Å². The van der Waals surface area contributed by atoms with Crippen LogP contribution in [0.1, 0.15) is 11.4 Å². The Bertz CT molecular complexity index is 931. The van der Waals surface area contributed by atoms with E-state index in [1.807, 2.05) is 6.07 Å². The Kier molecular flexibility index (Phi) is 3.42. The standard InChI is InChI=1S/C16H13N3O3/c1-11-17-14-8-4-3-7-13(14)16(20)18(11)10-12-6-2-5-9-15(12)19(21)22/h2-9H,10H2,1H3. The average molecular weight is 295 g/mol. The van der Waals surface area contributed by atoms with Gasteiger partial charge in [-0.2, -0.15) is 0 Å². The summed E-state index contributed by atoms with van der Waals surface area (Å²) >= 11 is 0. The number of rotatable bonds is 3. The molecule has 0 atom stereocenters. The molecule has 0 aliphatic carbocycles. The first-order valence-electron chi connectivity index (χ1n) is 6.76. The monoisotopic (exact) mass is 295 g/mol. The molecule has 0 aliphatic rings. The van der Waals surface area contributed by atoms with Gasteiger partial charge in [0.05, 0.1) is 22.4 Å². The molecule has 0 spiro atoms. The molecule has 6 heteroatoms. The Morgan fingerprint density at radius 1 is 1.14 bits per heavy atom. The summed E-state index contributed by atoms with van der Waals surface area (Å²) in [7, 11) is 0. The summed E-state index contributed by atoms with van der Waals surface area (Å²) in [5.41, 5.74) is 0.918. The Balaban J connectivity index is 2.16. The molecule has 3 aromatic rings. The Morgan fingerprint density at radius 2 is 1.82 bits per heavy atom. The summed E-state index contributed by atoms with van der Waals surface area (Å²) in [5, 5.41) is 11.6. The number of hydrogen-bond donors (Lipinski definition) is 0. The highest BCUT2D eigenvalue weighted by atomic mass is 16.6. The van der Waals surface area contributed by atoms with Gasteiger partial charge in [0.2, 0.25) is 0 Å². The number of nitro benzene ring substituents is 1. The van der Waals surface area contributed by atoms with Crippen LogP contribution in [-0.4, -0.2) is 14.5 Å². The predicted octanol–water partition coefficient (Wildman–Crippen LogP) is 2.66. The number of fused-ring (bicyclic) bond motifs is 1. The van der Waals surface area contributed by atoms with E-state index in [4.69, 9.17) is 0 Å². The number of benzene rings is 2. The number of nitrogens with zero attached hydrogens (tertiary/aromatic N) is 3. The SMILES string of the molecule is Cc1nc2ccccc2c(=O)n1Cc1ccccc1[N+](=O)[O-]. The van der Waals surface area contributed by atoms with E-state index in [1.165, 1.54) is 10.6 Å². The third-order valence-corrected chi connectivity index (χ3v) is 3.57. The maximum atomic E-state index is 12.6. The van der Waals surface area contributed by atoms with Crippen molar-refractivity contribution in [1.82, 2.24) is 9.55 Å². The van der Waals surface area contributed by atoms with Crippen LogP contribution in [0.3, 0.4) is 0 Å². The van der Waals surface area contributed by atoms with Crippen LogP contribution in [0.4, 0.5) is 5.69 Å².